The van der Waals surface area contributed by atoms with E-state index in [0.29, 0.717) is 0 Å². The highest BCUT2D eigenvalue weighted by Gasteiger charge is 2.48. The van der Waals surface area contributed by atoms with Crippen molar-refractivity contribution in [2.75, 3.05) is 25.5 Å². The van der Waals surface area contributed by atoms with E-state index >= 15 is 0 Å². The number of ether oxygens (including phenoxy) is 2. The van der Waals surface area contributed by atoms with Crippen molar-refractivity contribution < 1.29 is 72.1 Å². The third-order valence-electron chi connectivity index (χ3n) is 6.83. The summed E-state index contributed by atoms with van der Waals surface area (Å²) in [4.78, 5) is 44.2. The lowest BCUT2D eigenvalue weighted by Gasteiger charge is -2.31. The molecule has 8 N–H and O–H groups in total. The van der Waals surface area contributed by atoms with Crippen molar-refractivity contribution in [2.24, 2.45) is 0 Å². The van der Waals surface area contributed by atoms with E-state index in [2.05, 4.69) is 23.8 Å². The Morgan fingerprint density at radius 1 is 0.977 bits per heavy atom. The summed E-state index contributed by atoms with van der Waals surface area (Å²) >= 11 is 0. The number of aliphatic carboxylic acids is 1. The number of fused-ring (bicyclic) bond motifs is 1. The molecule has 21 nitrogen and oxygen atoms in total. The number of carbonyl (C=O) groups excluding carboxylic acids is 1. The van der Waals surface area contributed by atoms with Crippen LogP contribution in [0.2, 0.25) is 0 Å². The second kappa shape index (κ2) is 12.5. The number of aromatic nitrogens is 4. The lowest BCUT2D eigenvalue weighted by Crippen LogP contribution is -2.43. The van der Waals surface area contributed by atoms with Crippen LogP contribution in [0.3, 0.4) is 0 Å². The first-order valence-corrected chi connectivity index (χ1v) is 15.6. The lowest BCUT2D eigenvalue weighted by atomic mass is 10.1. The Morgan fingerprint density at radius 2 is 1.57 bits per heavy atom. The third-order valence-corrected chi connectivity index (χ3v) is 9.43. The first-order valence-electron chi connectivity index (χ1n) is 12.6. The van der Waals surface area contributed by atoms with Crippen LogP contribution in [-0.2, 0) is 36.8 Å². The quantitative estimate of drug-likeness (QED) is 0.113. The summed E-state index contributed by atoms with van der Waals surface area (Å²) in [6.45, 7) is -1.74. The highest BCUT2D eigenvalue weighted by molar-refractivity contribution is 7.61. The summed E-state index contributed by atoms with van der Waals surface area (Å²) in [6.07, 6.45) is -5.83. The summed E-state index contributed by atoms with van der Waals surface area (Å²) in [5, 5.41) is 52.7. The molecule has 0 saturated carbocycles. The van der Waals surface area contributed by atoms with Gasteiger partial charge in [-0.15, -0.1) is 0 Å². The Morgan fingerprint density at radius 3 is 2.18 bits per heavy atom. The van der Waals surface area contributed by atoms with E-state index < -0.39 is 83.9 Å². The van der Waals surface area contributed by atoms with E-state index in [0.717, 1.165) is 12.5 Å². The maximum absolute atomic E-state index is 12.4. The van der Waals surface area contributed by atoms with Gasteiger partial charge in [-0.05, 0) is 0 Å². The van der Waals surface area contributed by atoms with Gasteiger partial charge in [0, 0.05) is 18.3 Å². The van der Waals surface area contributed by atoms with E-state index in [9.17, 15) is 49.2 Å². The number of carbonyl (C=O) groups is 1. The zero-order valence-corrected chi connectivity index (χ0v) is 24.0. The number of phosphoric ester groups is 2. The zero-order valence-electron chi connectivity index (χ0n) is 22.2. The van der Waals surface area contributed by atoms with Crippen LogP contribution in [0.15, 0.2) is 36.6 Å². The lowest BCUT2D eigenvalue weighted by molar-refractivity contribution is -0.298. The van der Waals surface area contributed by atoms with Crippen LogP contribution in [0.4, 0.5) is 5.82 Å². The molecule has 3 aliphatic heterocycles. The molecule has 10 unspecified atom stereocenters. The van der Waals surface area contributed by atoms with Crippen LogP contribution in [0.25, 0.3) is 11.2 Å². The predicted octanol–water partition coefficient (Wildman–Crippen LogP) is -3.77. The summed E-state index contributed by atoms with van der Waals surface area (Å²) in [5.74, 6) is -1.45. The van der Waals surface area contributed by atoms with E-state index in [-0.39, 0.29) is 29.1 Å². The van der Waals surface area contributed by atoms with Gasteiger partial charge < -0.3 is 60.2 Å². The zero-order chi connectivity index (χ0) is 32.0. The molecule has 0 aromatic carbocycles. The second-order valence-corrected chi connectivity index (χ2v) is 12.8. The first kappa shape index (κ1) is 32.5. The fourth-order valence-corrected chi connectivity index (χ4v) is 6.77. The van der Waals surface area contributed by atoms with Crippen molar-refractivity contribution in [1.29, 1.82) is 0 Å². The predicted molar refractivity (Wildman–Crippen MR) is 138 cm³/mol. The number of imidazole rings is 1. The summed E-state index contributed by atoms with van der Waals surface area (Å²) in [7, 11) is -10.8. The largest absolute Gasteiger partial charge is 0.545 e. The molecule has 0 spiro atoms. The molecule has 10 atom stereocenters. The minimum absolute atomic E-state index is 0.0457. The Hall–Kier alpha value is -2.88. The number of hydrogen-bond acceptors (Lipinski definition) is 18. The third kappa shape index (κ3) is 6.70. The minimum atomic E-state index is -5.38. The van der Waals surface area contributed by atoms with E-state index in [1.807, 2.05) is 0 Å². The van der Waals surface area contributed by atoms with Crippen molar-refractivity contribution >= 4 is 38.6 Å². The smallest absolute Gasteiger partial charge is 0.481 e. The van der Waals surface area contributed by atoms with Gasteiger partial charge >= 0.3 is 15.6 Å². The van der Waals surface area contributed by atoms with Gasteiger partial charge in [0.2, 0.25) is 0 Å². The molecular weight excluding hydrogens is 638 g/mol. The average molecular weight is 665 g/mol. The number of aliphatic hydroxyl groups is 4. The maximum atomic E-state index is 12.4. The monoisotopic (exact) mass is 665 g/mol. The molecule has 44 heavy (non-hydrogen) atoms. The molecule has 5 rings (SSSR count). The number of rotatable bonds is 11. The number of nitrogen functional groups attached to an aromatic ring is 1. The van der Waals surface area contributed by atoms with Crippen molar-refractivity contribution in [1.82, 2.24) is 24.4 Å². The van der Waals surface area contributed by atoms with Gasteiger partial charge in [0.1, 0.15) is 48.5 Å². The van der Waals surface area contributed by atoms with Crippen LogP contribution in [0, 0.1) is 0 Å². The van der Waals surface area contributed by atoms with Gasteiger partial charge in [0.25, 0.3) is 0 Å². The van der Waals surface area contributed by atoms with Crippen LogP contribution < -0.4 is 10.8 Å². The van der Waals surface area contributed by atoms with Gasteiger partial charge in [0.15, 0.2) is 23.9 Å². The van der Waals surface area contributed by atoms with E-state index in [1.165, 1.54) is 27.9 Å². The van der Waals surface area contributed by atoms with Crippen LogP contribution >= 0.6 is 15.6 Å². The molecule has 2 aromatic heterocycles. The summed E-state index contributed by atoms with van der Waals surface area (Å²) in [5.41, 5.74) is 5.86. The summed E-state index contributed by atoms with van der Waals surface area (Å²) in [6, 6.07) is 0. The van der Waals surface area contributed by atoms with Gasteiger partial charge in [-0.1, -0.05) is 12.2 Å². The topological polar surface area (TPSA) is 315 Å². The van der Waals surface area contributed by atoms with E-state index in [4.69, 9.17) is 19.7 Å². The van der Waals surface area contributed by atoms with Crippen molar-refractivity contribution in [2.45, 2.75) is 49.1 Å². The minimum Gasteiger partial charge on any atom is -0.545 e. The van der Waals surface area contributed by atoms with E-state index in [1.54, 1.807) is 0 Å². The Labute approximate surface area is 246 Å². The fourth-order valence-electron chi connectivity index (χ4n) is 4.68. The van der Waals surface area contributed by atoms with Crippen LogP contribution in [0.5, 0.6) is 0 Å². The average Bonchev–Trinajstić information content (AvgIpc) is 3.61. The number of carboxylic acids is 1. The molecule has 2 saturated heterocycles. The van der Waals surface area contributed by atoms with Gasteiger partial charge in [-0.3, -0.25) is 13.6 Å². The molecule has 242 valence electrons. The maximum Gasteiger partial charge on any atom is 0.481 e. The standard InChI is InChI=1S/C21H28N6O15P2/c22-17-12-18(24-7-23-17)27(8-25-12)20-16(31)14(29)11(41-20)6-39-44(36,37)42-43(34,35)38-5-10-13(28)15(30)19(40-10)26-3-1-2-9(4-26)21(32)33/h1-2,4,7-8,10-11,13-16,19-20,28-31H,3,5-6H2,(H,32,33)(H,34,35)(H,36,37)(H2,22,23,24)/p-1. The van der Waals surface area contributed by atoms with Gasteiger partial charge in [-0.25, -0.2) is 24.1 Å². The first-order chi connectivity index (χ1) is 20.7. The Kier molecular flexibility index (Phi) is 9.23. The van der Waals surface area contributed by atoms with Gasteiger partial charge in [0.05, 0.1) is 25.5 Å². The molecule has 23 heteroatoms. The molecule has 2 aromatic rings. The molecule has 2 fully saturated rings. The van der Waals surface area contributed by atoms with Crippen LogP contribution in [0.1, 0.15) is 6.23 Å². The number of nitrogens with two attached hydrogens (primary N) is 1. The molecular formula is C21H27N6O15P2-. The Balaban J connectivity index is 1.15. The summed E-state index contributed by atoms with van der Waals surface area (Å²) < 4.78 is 50.7. The molecule has 3 aliphatic rings. The molecule has 0 radical (unpaired) electrons. The fraction of sp³-hybridized carbons (Fsp3) is 0.524. The molecule has 0 bridgehead atoms. The molecule has 0 aliphatic carbocycles. The number of carboxylic acid groups (broad SMARTS) is 1. The second-order valence-electron chi connectivity index (χ2n) is 9.76. The van der Waals surface area contributed by atoms with Crippen molar-refractivity contribution in [3.8, 4) is 0 Å². The number of aliphatic hydroxyl groups excluding tert-OH is 4. The molecule has 5 heterocycles. The number of nitrogens with zero attached hydrogens (tertiary/aromatic N) is 5. The number of phosphoric acid groups is 2. The SMILES string of the molecule is Nc1ncnc2c1ncn2C1OC(COP(=O)(O)OP(=O)(O)OCC2OC(N3C=C(C(=O)[O-])C=CC3)C(O)C2O)C(O)C1O. The van der Waals surface area contributed by atoms with Crippen molar-refractivity contribution in [3.05, 3.63) is 36.6 Å². The van der Waals surface area contributed by atoms with Crippen molar-refractivity contribution in [3.63, 3.8) is 0 Å². The normalized spacial score (nSPS) is 33.3. The highest BCUT2D eigenvalue weighted by atomic mass is 31.3. The van der Waals surface area contributed by atoms with Crippen LogP contribution in [-0.4, -0.2) is 123 Å². The highest BCUT2D eigenvalue weighted by Crippen LogP contribution is 2.60. The Bertz CT molecular complexity index is 1550. The number of hydrogen-bond donors (Lipinski definition) is 7. The molecule has 0 amide bonds. The van der Waals surface area contributed by atoms with Gasteiger partial charge in [-0.2, -0.15) is 4.31 Å². The number of anilines is 1.